The van der Waals surface area contributed by atoms with E-state index in [2.05, 4.69) is 39.5 Å². The third-order valence-corrected chi connectivity index (χ3v) is 6.40. The van der Waals surface area contributed by atoms with E-state index < -0.39 is 0 Å². The van der Waals surface area contributed by atoms with Crippen molar-refractivity contribution in [3.05, 3.63) is 65.9 Å². The fraction of sp³-hybridized carbons (Fsp3) is 0.375. The van der Waals surface area contributed by atoms with Crippen LogP contribution in [-0.4, -0.2) is 47.0 Å². The second-order valence-corrected chi connectivity index (χ2v) is 8.34. The van der Waals surface area contributed by atoms with Crippen LogP contribution in [0.5, 0.6) is 0 Å². The number of carbonyl (C=O) groups excluding carboxylic acids is 1. The molecule has 2 aliphatic rings. The lowest BCUT2D eigenvalue weighted by molar-refractivity contribution is 0.147. The molecular weight excluding hydrogens is 360 g/mol. The predicted molar refractivity (Wildman–Crippen MR) is 117 cm³/mol. The number of nitrogens with zero attached hydrogens (tertiary/aromatic N) is 2. The number of aromatic amines is 1. The number of benzene rings is 2. The molecule has 1 saturated heterocycles. The number of nitrogens with one attached hydrogen (secondary N) is 2. The largest absolute Gasteiger partial charge is 0.357 e. The maximum atomic E-state index is 12.5. The summed E-state index contributed by atoms with van der Waals surface area (Å²) in [7, 11) is 0. The minimum atomic E-state index is 0.0235. The molecule has 1 fully saturated rings. The Labute approximate surface area is 171 Å². The Balaban J connectivity index is 1.14. The monoisotopic (exact) mass is 388 g/mol. The maximum absolute atomic E-state index is 12.5. The number of aromatic nitrogens is 1. The third kappa shape index (κ3) is 3.87. The van der Waals surface area contributed by atoms with E-state index in [4.69, 9.17) is 0 Å². The van der Waals surface area contributed by atoms with Gasteiger partial charge in [0.1, 0.15) is 0 Å². The van der Waals surface area contributed by atoms with Crippen LogP contribution in [0.25, 0.3) is 10.9 Å². The number of hydrogen-bond donors (Lipinski definition) is 2. The average molecular weight is 389 g/mol. The average Bonchev–Trinajstić information content (AvgIpc) is 3.13. The van der Waals surface area contributed by atoms with Gasteiger partial charge in [-0.15, -0.1) is 0 Å². The molecule has 2 amide bonds. The van der Waals surface area contributed by atoms with Gasteiger partial charge in [-0.3, -0.25) is 4.90 Å². The van der Waals surface area contributed by atoms with Crippen molar-refractivity contribution >= 4 is 22.6 Å². The summed E-state index contributed by atoms with van der Waals surface area (Å²) in [6.07, 6.45) is 3.29. The van der Waals surface area contributed by atoms with Crippen molar-refractivity contribution in [2.45, 2.75) is 25.8 Å². The van der Waals surface area contributed by atoms with Gasteiger partial charge in [0, 0.05) is 55.0 Å². The number of rotatable bonds is 3. The summed E-state index contributed by atoms with van der Waals surface area (Å²) in [4.78, 5) is 20.7. The topological polar surface area (TPSA) is 51.4 Å². The van der Waals surface area contributed by atoms with Gasteiger partial charge in [-0.05, 0) is 48.9 Å². The molecule has 0 unspecified atom stereocenters. The van der Waals surface area contributed by atoms with Crippen LogP contribution in [0.15, 0.2) is 54.6 Å². The molecule has 29 heavy (non-hydrogen) atoms. The normalized spacial score (nSPS) is 18.0. The van der Waals surface area contributed by atoms with E-state index in [1.165, 1.54) is 22.2 Å². The summed E-state index contributed by atoms with van der Waals surface area (Å²) >= 11 is 0. The Hall–Kier alpha value is -2.79. The number of hydrogen-bond acceptors (Lipinski definition) is 2. The van der Waals surface area contributed by atoms with Gasteiger partial charge in [-0.25, -0.2) is 4.79 Å². The van der Waals surface area contributed by atoms with Gasteiger partial charge >= 0.3 is 6.03 Å². The molecule has 2 N–H and O–H groups in total. The van der Waals surface area contributed by atoms with E-state index in [9.17, 15) is 4.79 Å². The van der Waals surface area contributed by atoms with Gasteiger partial charge in [0.2, 0.25) is 0 Å². The number of H-pyrrole nitrogens is 1. The Morgan fingerprint density at radius 3 is 2.59 bits per heavy atom. The molecule has 0 spiro atoms. The second-order valence-electron chi connectivity index (χ2n) is 8.34. The summed E-state index contributed by atoms with van der Waals surface area (Å²) < 4.78 is 0. The van der Waals surface area contributed by atoms with Crippen LogP contribution in [0.4, 0.5) is 10.5 Å². The molecule has 0 radical (unpaired) electrons. The van der Waals surface area contributed by atoms with E-state index >= 15 is 0 Å². The molecule has 2 aromatic carbocycles. The standard InChI is InChI=1S/C24H28N4O/c29-24(25-19-6-2-1-3-7-19)28-14-10-18(11-15-28)16-27-13-12-21-20-8-4-5-9-22(20)26-23(21)17-27/h1-9,18,26H,10-17H2,(H,25,29). The summed E-state index contributed by atoms with van der Waals surface area (Å²) in [6, 6.07) is 18.4. The fourth-order valence-electron chi connectivity index (χ4n) is 4.81. The van der Waals surface area contributed by atoms with E-state index in [1.807, 2.05) is 35.2 Å². The molecule has 3 aromatic rings. The first-order chi connectivity index (χ1) is 14.3. The van der Waals surface area contributed by atoms with Crippen molar-refractivity contribution in [1.82, 2.24) is 14.8 Å². The number of urea groups is 1. The van der Waals surface area contributed by atoms with Crippen LogP contribution in [0.1, 0.15) is 24.1 Å². The Bertz CT molecular complexity index is 989. The molecule has 1 aromatic heterocycles. The molecule has 0 aliphatic carbocycles. The molecule has 5 nitrogen and oxygen atoms in total. The highest BCUT2D eigenvalue weighted by molar-refractivity contribution is 5.89. The van der Waals surface area contributed by atoms with Gasteiger partial charge < -0.3 is 15.2 Å². The number of amides is 2. The summed E-state index contributed by atoms with van der Waals surface area (Å²) in [6.45, 7) is 4.95. The first-order valence-corrected chi connectivity index (χ1v) is 10.7. The maximum Gasteiger partial charge on any atom is 0.321 e. The van der Waals surface area contributed by atoms with E-state index in [0.717, 1.165) is 57.7 Å². The van der Waals surface area contributed by atoms with E-state index in [0.29, 0.717) is 5.92 Å². The zero-order chi connectivity index (χ0) is 19.6. The molecule has 5 rings (SSSR count). The highest BCUT2D eigenvalue weighted by Gasteiger charge is 2.27. The van der Waals surface area contributed by atoms with Crippen molar-refractivity contribution in [3.63, 3.8) is 0 Å². The first kappa shape index (κ1) is 18.3. The molecule has 0 bridgehead atoms. The highest BCUT2D eigenvalue weighted by atomic mass is 16.2. The quantitative estimate of drug-likeness (QED) is 0.695. The van der Waals surface area contributed by atoms with Gasteiger partial charge in [0.05, 0.1) is 0 Å². The molecule has 0 saturated carbocycles. The van der Waals surface area contributed by atoms with Crippen molar-refractivity contribution in [1.29, 1.82) is 0 Å². The van der Waals surface area contributed by atoms with Crippen LogP contribution >= 0.6 is 0 Å². The van der Waals surface area contributed by atoms with Crippen molar-refractivity contribution in [2.24, 2.45) is 5.92 Å². The van der Waals surface area contributed by atoms with Gasteiger partial charge in [-0.1, -0.05) is 36.4 Å². The zero-order valence-electron chi connectivity index (χ0n) is 16.7. The van der Waals surface area contributed by atoms with Crippen LogP contribution in [0, 0.1) is 5.92 Å². The lowest BCUT2D eigenvalue weighted by Crippen LogP contribution is -2.44. The van der Waals surface area contributed by atoms with Gasteiger partial charge in [-0.2, -0.15) is 0 Å². The highest BCUT2D eigenvalue weighted by Crippen LogP contribution is 2.29. The van der Waals surface area contributed by atoms with Crippen molar-refractivity contribution in [3.8, 4) is 0 Å². The zero-order valence-corrected chi connectivity index (χ0v) is 16.7. The fourth-order valence-corrected chi connectivity index (χ4v) is 4.81. The predicted octanol–water partition coefficient (Wildman–Crippen LogP) is 4.47. The number of para-hydroxylation sites is 2. The molecular formula is C24H28N4O. The van der Waals surface area contributed by atoms with Crippen molar-refractivity contribution in [2.75, 3.05) is 31.5 Å². The number of likely N-dealkylation sites (tertiary alicyclic amines) is 1. The minimum absolute atomic E-state index is 0.0235. The number of anilines is 1. The molecule has 3 heterocycles. The Kier molecular flexibility index (Phi) is 4.98. The van der Waals surface area contributed by atoms with Crippen molar-refractivity contribution < 1.29 is 4.79 Å². The van der Waals surface area contributed by atoms with E-state index in [-0.39, 0.29) is 6.03 Å². The minimum Gasteiger partial charge on any atom is -0.357 e. The molecule has 2 aliphatic heterocycles. The summed E-state index contributed by atoms with van der Waals surface area (Å²) in [5, 5.41) is 4.39. The summed E-state index contributed by atoms with van der Waals surface area (Å²) in [5.74, 6) is 0.668. The molecule has 0 atom stereocenters. The lowest BCUT2D eigenvalue weighted by Gasteiger charge is -2.36. The molecule has 150 valence electrons. The smallest absolute Gasteiger partial charge is 0.321 e. The number of carbonyl (C=O) groups is 1. The Morgan fingerprint density at radius 1 is 1.00 bits per heavy atom. The Morgan fingerprint density at radius 2 is 1.76 bits per heavy atom. The van der Waals surface area contributed by atoms with Crippen LogP contribution < -0.4 is 5.32 Å². The van der Waals surface area contributed by atoms with Crippen LogP contribution in [0.2, 0.25) is 0 Å². The van der Waals surface area contributed by atoms with E-state index in [1.54, 1.807) is 0 Å². The molecule has 5 heteroatoms. The SMILES string of the molecule is O=C(Nc1ccccc1)N1CCC(CN2CCc3c([nH]c4ccccc34)C2)CC1. The summed E-state index contributed by atoms with van der Waals surface area (Å²) in [5.41, 5.74) is 5.01. The van der Waals surface area contributed by atoms with Crippen LogP contribution in [0.3, 0.4) is 0 Å². The number of piperidine rings is 1. The van der Waals surface area contributed by atoms with Gasteiger partial charge in [0.25, 0.3) is 0 Å². The van der Waals surface area contributed by atoms with Gasteiger partial charge in [0.15, 0.2) is 0 Å². The first-order valence-electron chi connectivity index (χ1n) is 10.7. The lowest BCUT2D eigenvalue weighted by atomic mass is 9.95. The second kappa shape index (κ2) is 7.91. The third-order valence-electron chi connectivity index (χ3n) is 6.40. The number of fused-ring (bicyclic) bond motifs is 3. The van der Waals surface area contributed by atoms with Crippen LogP contribution in [-0.2, 0) is 13.0 Å².